The quantitative estimate of drug-likeness (QED) is 0.731. The monoisotopic (exact) mass is 217 g/mol. The van der Waals surface area contributed by atoms with Crippen molar-refractivity contribution in [2.45, 2.75) is 6.92 Å². The van der Waals surface area contributed by atoms with Crippen LogP contribution in [0.15, 0.2) is 30.6 Å². The summed E-state index contributed by atoms with van der Waals surface area (Å²) in [5, 5.41) is 8.02. The second-order valence-electron chi connectivity index (χ2n) is 3.26. The van der Waals surface area contributed by atoms with Crippen molar-refractivity contribution in [1.29, 1.82) is 0 Å². The molecule has 0 aliphatic heterocycles. The highest BCUT2D eigenvalue weighted by molar-refractivity contribution is 5.94. The Morgan fingerprint density at radius 2 is 2.00 bits per heavy atom. The lowest BCUT2D eigenvalue weighted by atomic mass is 10.1. The predicted octanol–water partition coefficient (Wildman–Crippen LogP) is 1.48. The first kappa shape index (κ1) is 10.4. The SMILES string of the molecule is COc1cc(C(C)=O)ccc1-n1nccn1. The number of rotatable bonds is 3. The number of carbonyl (C=O) groups excluding carboxylic acids is 1. The second kappa shape index (κ2) is 4.14. The van der Waals surface area contributed by atoms with Crippen molar-refractivity contribution >= 4 is 5.78 Å². The normalized spacial score (nSPS) is 10.1. The van der Waals surface area contributed by atoms with E-state index in [1.54, 1.807) is 37.7 Å². The first-order valence-electron chi connectivity index (χ1n) is 4.78. The van der Waals surface area contributed by atoms with Gasteiger partial charge in [0.25, 0.3) is 0 Å². The van der Waals surface area contributed by atoms with Crippen molar-refractivity contribution < 1.29 is 9.53 Å². The smallest absolute Gasteiger partial charge is 0.159 e. The highest BCUT2D eigenvalue weighted by atomic mass is 16.5. The number of hydrogen-bond acceptors (Lipinski definition) is 4. The molecule has 16 heavy (non-hydrogen) atoms. The number of methoxy groups -OCH3 is 1. The van der Waals surface area contributed by atoms with Crippen molar-refractivity contribution in [1.82, 2.24) is 15.0 Å². The van der Waals surface area contributed by atoms with Crippen LogP contribution in [0.2, 0.25) is 0 Å². The molecule has 0 aliphatic carbocycles. The van der Waals surface area contributed by atoms with Gasteiger partial charge in [0.05, 0.1) is 19.5 Å². The first-order chi connectivity index (χ1) is 7.72. The molecular formula is C11H11N3O2. The summed E-state index contributed by atoms with van der Waals surface area (Å²) in [7, 11) is 1.55. The van der Waals surface area contributed by atoms with E-state index in [1.807, 2.05) is 0 Å². The minimum atomic E-state index is -0.00160. The zero-order chi connectivity index (χ0) is 11.5. The molecule has 0 N–H and O–H groups in total. The summed E-state index contributed by atoms with van der Waals surface area (Å²) in [6.45, 7) is 1.51. The summed E-state index contributed by atoms with van der Waals surface area (Å²) in [5.41, 5.74) is 1.31. The lowest BCUT2D eigenvalue weighted by molar-refractivity contribution is 0.101. The van der Waals surface area contributed by atoms with Crippen LogP contribution in [0.3, 0.4) is 0 Å². The fourth-order valence-corrected chi connectivity index (χ4v) is 1.40. The van der Waals surface area contributed by atoms with Crippen LogP contribution in [0.4, 0.5) is 0 Å². The van der Waals surface area contributed by atoms with Crippen molar-refractivity contribution in [3.63, 3.8) is 0 Å². The number of nitrogens with zero attached hydrogens (tertiary/aromatic N) is 3. The summed E-state index contributed by atoms with van der Waals surface area (Å²) >= 11 is 0. The lowest BCUT2D eigenvalue weighted by Gasteiger charge is -2.08. The minimum absolute atomic E-state index is 0.00160. The zero-order valence-electron chi connectivity index (χ0n) is 9.04. The number of benzene rings is 1. The van der Waals surface area contributed by atoms with Gasteiger partial charge in [-0.15, -0.1) is 4.80 Å². The van der Waals surface area contributed by atoms with Crippen LogP contribution in [0.5, 0.6) is 5.75 Å². The minimum Gasteiger partial charge on any atom is -0.494 e. The molecule has 82 valence electrons. The van der Waals surface area contributed by atoms with Gasteiger partial charge >= 0.3 is 0 Å². The largest absolute Gasteiger partial charge is 0.494 e. The number of ether oxygens (including phenoxy) is 1. The molecular weight excluding hydrogens is 206 g/mol. The number of carbonyl (C=O) groups is 1. The van der Waals surface area contributed by atoms with E-state index in [0.717, 1.165) is 0 Å². The van der Waals surface area contributed by atoms with Gasteiger partial charge in [-0.2, -0.15) is 10.2 Å². The van der Waals surface area contributed by atoms with Gasteiger partial charge in [0.15, 0.2) is 5.78 Å². The number of hydrogen-bond donors (Lipinski definition) is 0. The molecule has 5 heteroatoms. The predicted molar refractivity (Wildman–Crippen MR) is 57.9 cm³/mol. The fourth-order valence-electron chi connectivity index (χ4n) is 1.40. The first-order valence-corrected chi connectivity index (χ1v) is 4.78. The van der Waals surface area contributed by atoms with Gasteiger partial charge in [-0.1, -0.05) is 0 Å². The second-order valence-corrected chi connectivity index (χ2v) is 3.26. The van der Waals surface area contributed by atoms with E-state index in [2.05, 4.69) is 10.2 Å². The molecule has 0 bridgehead atoms. The van der Waals surface area contributed by atoms with Crippen LogP contribution in [-0.2, 0) is 0 Å². The van der Waals surface area contributed by atoms with Crippen molar-refractivity contribution in [3.05, 3.63) is 36.2 Å². The van der Waals surface area contributed by atoms with Crippen LogP contribution >= 0.6 is 0 Å². The maximum atomic E-state index is 11.2. The highest BCUT2D eigenvalue weighted by Crippen LogP contribution is 2.22. The Morgan fingerprint density at radius 1 is 1.31 bits per heavy atom. The third-order valence-electron chi connectivity index (χ3n) is 2.22. The topological polar surface area (TPSA) is 57.0 Å². The molecule has 0 unspecified atom stereocenters. The van der Waals surface area contributed by atoms with Crippen LogP contribution in [-0.4, -0.2) is 27.9 Å². The molecule has 1 aromatic heterocycles. The molecule has 5 nitrogen and oxygen atoms in total. The molecule has 2 aromatic rings. The lowest BCUT2D eigenvalue weighted by Crippen LogP contribution is -2.03. The molecule has 0 atom stereocenters. The van der Waals surface area contributed by atoms with E-state index in [9.17, 15) is 4.79 Å². The summed E-state index contributed by atoms with van der Waals surface area (Å²) in [6.07, 6.45) is 3.16. The average molecular weight is 217 g/mol. The van der Waals surface area contributed by atoms with Gasteiger partial charge < -0.3 is 4.74 Å². The summed E-state index contributed by atoms with van der Waals surface area (Å²) in [5.74, 6) is 0.571. The maximum absolute atomic E-state index is 11.2. The summed E-state index contributed by atoms with van der Waals surface area (Å²) < 4.78 is 5.21. The number of ketones is 1. The van der Waals surface area contributed by atoms with Crippen molar-refractivity contribution in [2.24, 2.45) is 0 Å². The van der Waals surface area contributed by atoms with Gasteiger partial charge in [-0.25, -0.2) is 0 Å². The van der Waals surface area contributed by atoms with E-state index in [-0.39, 0.29) is 5.78 Å². The molecule has 0 saturated heterocycles. The van der Waals surface area contributed by atoms with Gasteiger partial charge in [0, 0.05) is 5.56 Å². The Hall–Kier alpha value is -2.17. The van der Waals surface area contributed by atoms with Gasteiger partial charge in [0.1, 0.15) is 11.4 Å². The van der Waals surface area contributed by atoms with E-state index < -0.39 is 0 Å². The van der Waals surface area contributed by atoms with Gasteiger partial charge in [-0.05, 0) is 25.1 Å². The molecule has 0 aliphatic rings. The molecule has 0 saturated carbocycles. The van der Waals surface area contributed by atoms with E-state index in [0.29, 0.717) is 17.0 Å². The van der Waals surface area contributed by atoms with Crippen LogP contribution in [0.25, 0.3) is 5.69 Å². The molecule has 0 amide bonds. The Balaban J connectivity index is 2.51. The van der Waals surface area contributed by atoms with E-state index >= 15 is 0 Å². The van der Waals surface area contributed by atoms with Gasteiger partial charge in [-0.3, -0.25) is 4.79 Å². The molecule has 0 radical (unpaired) electrons. The Kier molecular flexibility index (Phi) is 2.68. The van der Waals surface area contributed by atoms with Crippen molar-refractivity contribution in [3.8, 4) is 11.4 Å². The maximum Gasteiger partial charge on any atom is 0.159 e. The van der Waals surface area contributed by atoms with Gasteiger partial charge in [0.2, 0.25) is 0 Å². The van der Waals surface area contributed by atoms with Crippen LogP contribution < -0.4 is 4.74 Å². The third kappa shape index (κ3) is 1.79. The summed E-state index contributed by atoms with van der Waals surface area (Å²) in [4.78, 5) is 12.7. The van der Waals surface area contributed by atoms with Crippen LogP contribution in [0.1, 0.15) is 17.3 Å². The Labute approximate surface area is 92.7 Å². The third-order valence-corrected chi connectivity index (χ3v) is 2.22. The van der Waals surface area contributed by atoms with E-state index in [1.165, 1.54) is 11.7 Å². The molecule has 2 rings (SSSR count). The zero-order valence-corrected chi connectivity index (χ0v) is 9.04. The van der Waals surface area contributed by atoms with E-state index in [4.69, 9.17) is 4.74 Å². The summed E-state index contributed by atoms with van der Waals surface area (Å²) in [6, 6.07) is 5.17. The van der Waals surface area contributed by atoms with Crippen molar-refractivity contribution in [2.75, 3.05) is 7.11 Å². The molecule has 0 spiro atoms. The highest BCUT2D eigenvalue weighted by Gasteiger charge is 2.09. The fraction of sp³-hybridized carbons (Fsp3) is 0.182. The standard InChI is InChI=1S/C11H11N3O2/c1-8(15)9-3-4-10(11(7-9)16-2)14-12-5-6-13-14/h3-7H,1-2H3. The van der Waals surface area contributed by atoms with Crippen LogP contribution in [0, 0.1) is 0 Å². The molecule has 1 heterocycles. The number of Topliss-reactive ketones (excluding diaryl/α,β-unsaturated/α-hetero) is 1. The Bertz CT molecular complexity index is 506. The number of aromatic nitrogens is 3. The molecule has 1 aromatic carbocycles. The Morgan fingerprint density at radius 3 is 2.56 bits per heavy atom. The average Bonchev–Trinajstić information content (AvgIpc) is 2.81. The molecule has 0 fully saturated rings.